The van der Waals surface area contributed by atoms with Gasteiger partial charge in [-0.1, -0.05) is 80.2 Å². The molecule has 4 rings (SSSR count). The molecule has 0 aliphatic rings. The lowest BCUT2D eigenvalue weighted by Gasteiger charge is -2.12. The molecule has 1 N–H and O–H groups in total. The van der Waals surface area contributed by atoms with Crippen molar-refractivity contribution in [1.82, 2.24) is 19.9 Å². The molecule has 4 aromatic rings. The van der Waals surface area contributed by atoms with Gasteiger partial charge in [0.1, 0.15) is 5.82 Å². The fourth-order valence-corrected chi connectivity index (χ4v) is 3.87. The maximum absolute atomic E-state index is 14.5. The SMILES string of the molecule is CC(C)(C)c1cc(NC(=O)CSc2nnc(-c3ccccc3F)n2Cc2ccccc2)on1. The first kappa shape index (κ1) is 22.7. The first-order valence-electron chi connectivity index (χ1n) is 10.4. The van der Waals surface area contributed by atoms with Crippen LogP contribution in [0.15, 0.2) is 70.3 Å². The van der Waals surface area contributed by atoms with Gasteiger partial charge in [0.15, 0.2) is 11.0 Å². The third-order valence-corrected chi connectivity index (χ3v) is 5.86. The van der Waals surface area contributed by atoms with Crippen molar-refractivity contribution in [1.29, 1.82) is 0 Å². The molecule has 9 heteroatoms. The minimum Gasteiger partial charge on any atom is -0.338 e. The highest BCUT2D eigenvalue weighted by molar-refractivity contribution is 7.99. The molecule has 33 heavy (non-hydrogen) atoms. The zero-order valence-electron chi connectivity index (χ0n) is 18.6. The van der Waals surface area contributed by atoms with Crippen LogP contribution < -0.4 is 5.32 Å². The zero-order chi connectivity index (χ0) is 23.4. The molecule has 2 aromatic heterocycles. The summed E-state index contributed by atoms with van der Waals surface area (Å²) in [5.74, 6) is 0.135. The van der Waals surface area contributed by atoms with Crippen LogP contribution in [0.1, 0.15) is 32.0 Å². The molecule has 0 saturated carbocycles. The number of carbonyl (C=O) groups is 1. The molecule has 0 aliphatic carbocycles. The second-order valence-corrected chi connectivity index (χ2v) is 9.46. The van der Waals surface area contributed by atoms with E-state index in [1.165, 1.54) is 17.8 Å². The van der Waals surface area contributed by atoms with Crippen LogP contribution in [0, 0.1) is 5.82 Å². The van der Waals surface area contributed by atoms with Crippen molar-refractivity contribution in [2.75, 3.05) is 11.1 Å². The Labute approximate surface area is 195 Å². The summed E-state index contributed by atoms with van der Waals surface area (Å²) >= 11 is 1.22. The monoisotopic (exact) mass is 465 g/mol. The number of benzene rings is 2. The molecule has 0 spiro atoms. The summed E-state index contributed by atoms with van der Waals surface area (Å²) in [6.45, 7) is 6.48. The number of hydrogen-bond acceptors (Lipinski definition) is 6. The number of anilines is 1. The molecule has 0 fully saturated rings. The fraction of sp³-hybridized carbons (Fsp3) is 0.250. The smallest absolute Gasteiger partial charge is 0.237 e. The van der Waals surface area contributed by atoms with Crippen LogP contribution in [-0.2, 0) is 16.8 Å². The number of rotatable bonds is 7. The molecule has 170 valence electrons. The molecular formula is C24H24FN5O2S. The number of thioether (sulfide) groups is 1. The van der Waals surface area contributed by atoms with Gasteiger partial charge < -0.3 is 4.52 Å². The van der Waals surface area contributed by atoms with E-state index in [-0.39, 0.29) is 22.9 Å². The van der Waals surface area contributed by atoms with E-state index in [4.69, 9.17) is 4.52 Å². The Kier molecular flexibility index (Phi) is 6.60. The van der Waals surface area contributed by atoms with E-state index in [2.05, 4.69) is 20.7 Å². The number of amides is 1. The molecule has 0 radical (unpaired) electrons. The highest BCUT2D eigenvalue weighted by atomic mass is 32.2. The predicted molar refractivity (Wildman–Crippen MR) is 126 cm³/mol. The maximum atomic E-state index is 14.5. The Hall–Kier alpha value is -3.46. The van der Waals surface area contributed by atoms with Gasteiger partial charge in [-0.15, -0.1) is 10.2 Å². The Bertz CT molecular complexity index is 1250. The topological polar surface area (TPSA) is 85.8 Å². The molecule has 0 aliphatic heterocycles. The molecule has 0 saturated heterocycles. The number of nitrogens with one attached hydrogen (secondary N) is 1. The highest BCUT2D eigenvalue weighted by Crippen LogP contribution is 2.28. The van der Waals surface area contributed by atoms with Gasteiger partial charge in [0.25, 0.3) is 0 Å². The summed E-state index contributed by atoms with van der Waals surface area (Å²) in [6, 6.07) is 17.9. The normalized spacial score (nSPS) is 11.5. The second-order valence-electron chi connectivity index (χ2n) is 8.52. The number of nitrogens with zero attached hydrogens (tertiary/aromatic N) is 4. The maximum Gasteiger partial charge on any atom is 0.237 e. The van der Waals surface area contributed by atoms with E-state index >= 15 is 0 Å². The number of aromatic nitrogens is 4. The Balaban J connectivity index is 1.53. The summed E-state index contributed by atoms with van der Waals surface area (Å²) in [6.07, 6.45) is 0. The summed E-state index contributed by atoms with van der Waals surface area (Å²) < 4.78 is 21.5. The molecule has 1 amide bonds. The standard InChI is InChI=1S/C24H24FN5O2S/c1-24(2,3)19-13-21(32-29-19)26-20(31)15-33-23-28-27-22(17-11-7-8-12-18(17)25)30(23)14-16-9-5-4-6-10-16/h4-13H,14-15H2,1-3H3,(H,26,31). The van der Waals surface area contributed by atoms with E-state index < -0.39 is 0 Å². The van der Waals surface area contributed by atoms with Crippen LogP contribution in [0.4, 0.5) is 10.3 Å². The third kappa shape index (κ3) is 5.48. The first-order valence-corrected chi connectivity index (χ1v) is 11.4. The van der Waals surface area contributed by atoms with Crippen molar-refractivity contribution in [2.24, 2.45) is 0 Å². The minimum absolute atomic E-state index is 0.0791. The number of hydrogen-bond donors (Lipinski definition) is 1. The van der Waals surface area contributed by atoms with Crippen molar-refractivity contribution in [2.45, 2.75) is 37.9 Å². The van der Waals surface area contributed by atoms with Crippen molar-refractivity contribution in [3.63, 3.8) is 0 Å². The Morgan fingerprint density at radius 1 is 1.09 bits per heavy atom. The summed E-state index contributed by atoms with van der Waals surface area (Å²) in [5.41, 5.74) is 1.94. The van der Waals surface area contributed by atoms with Gasteiger partial charge in [0.2, 0.25) is 11.8 Å². The predicted octanol–water partition coefficient (Wildman–Crippen LogP) is 5.15. The molecule has 0 atom stereocenters. The highest BCUT2D eigenvalue weighted by Gasteiger charge is 2.21. The average Bonchev–Trinajstić information content (AvgIpc) is 3.41. The lowest BCUT2D eigenvalue weighted by atomic mass is 9.92. The lowest BCUT2D eigenvalue weighted by Crippen LogP contribution is -2.15. The van der Waals surface area contributed by atoms with E-state index in [9.17, 15) is 9.18 Å². The molecule has 2 heterocycles. The third-order valence-electron chi connectivity index (χ3n) is 4.89. The quantitative estimate of drug-likeness (QED) is 0.380. The van der Waals surface area contributed by atoms with Gasteiger partial charge in [-0.3, -0.25) is 14.7 Å². The van der Waals surface area contributed by atoms with Gasteiger partial charge in [-0.2, -0.15) is 0 Å². The fourth-order valence-electron chi connectivity index (χ4n) is 3.14. The van der Waals surface area contributed by atoms with Crippen molar-refractivity contribution >= 4 is 23.6 Å². The van der Waals surface area contributed by atoms with Crippen molar-refractivity contribution in [3.8, 4) is 11.4 Å². The number of carbonyl (C=O) groups excluding carboxylic acids is 1. The zero-order valence-corrected chi connectivity index (χ0v) is 19.4. The van der Waals surface area contributed by atoms with Crippen LogP contribution in [0.25, 0.3) is 11.4 Å². The van der Waals surface area contributed by atoms with E-state index in [0.717, 1.165) is 11.3 Å². The van der Waals surface area contributed by atoms with E-state index in [1.54, 1.807) is 24.3 Å². The molecule has 0 bridgehead atoms. The molecule has 0 unspecified atom stereocenters. The summed E-state index contributed by atoms with van der Waals surface area (Å²) in [4.78, 5) is 12.5. The van der Waals surface area contributed by atoms with Crippen LogP contribution >= 0.6 is 11.8 Å². The van der Waals surface area contributed by atoms with Gasteiger partial charge in [-0.25, -0.2) is 4.39 Å². The summed E-state index contributed by atoms with van der Waals surface area (Å²) in [7, 11) is 0. The van der Waals surface area contributed by atoms with Gasteiger partial charge in [0.05, 0.1) is 23.6 Å². The molecule has 2 aromatic carbocycles. The molecular weight excluding hydrogens is 441 g/mol. The first-order chi connectivity index (χ1) is 15.8. The minimum atomic E-state index is -0.381. The van der Waals surface area contributed by atoms with Gasteiger partial charge >= 0.3 is 0 Å². The largest absolute Gasteiger partial charge is 0.338 e. The lowest BCUT2D eigenvalue weighted by molar-refractivity contribution is -0.113. The van der Waals surface area contributed by atoms with Gasteiger partial charge in [0, 0.05) is 11.5 Å². The van der Waals surface area contributed by atoms with Crippen LogP contribution in [0.2, 0.25) is 0 Å². The van der Waals surface area contributed by atoms with E-state index in [0.29, 0.717) is 29.0 Å². The van der Waals surface area contributed by atoms with Crippen LogP contribution in [0.5, 0.6) is 0 Å². The van der Waals surface area contributed by atoms with Crippen LogP contribution in [-0.4, -0.2) is 31.6 Å². The number of halogens is 1. The van der Waals surface area contributed by atoms with Crippen molar-refractivity contribution in [3.05, 3.63) is 77.7 Å². The average molecular weight is 466 g/mol. The van der Waals surface area contributed by atoms with Crippen molar-refractivity contribution < 1.29 is 13.7 Å². The molecule has 7 nitrogen and oxygen atoms in total. The second kappa shape index (κ2) is 9.58. The van der Waals surface area contributed by atoms with Crippen LogP contribution in [0.3, 0.4) is 0 Å². The summed E-state index contributed by atoms with van der Waals surface area (Å²) in [5, 5.41) is 15.7. The Morgan fingerprint density at radius 3 is 2.52 bits per heavy atom. The van der Waals surface area contributed by atoms with E-state index in [1.807, 2.05) is 55.7 Å². The van der Waals surface area contributed by atoms with Gasteiger partial charge in [-0.05, 0) is 17.7 Å². The Morgan fingerprint density at radius 2 is 1.82 bits per heavy atom.